The van der Waals surface area contributed by atoms with Gasteiger partial charge in [0.2, 0.25) is 0 Å². The summed E-state index contributed by atoms with van der Waals surface area (Å²) in [5.74, 6) is 1.37. The second-order valence-electron chi connectivity index (χ2n) is 11.0. The van der Waals surface area contributed by atoms with Gasteiger partial charge in [-0.2, -0.15) is 0 Å². The van der Waals surface area contributed by atoms with Crippen LogP contribution in [0.2, 0.25) is 0 Å². The number of hydrogen-bond donors (Lipinski definition) is 3. The Morgan fingerprint density at radius 1 is 0.947 bits per heavy atom. The molecule has 0 bridgehead atoms. The number of methoxy groups -OCH3 is 1. The van der Waals surface area contributed by atoms with Crippen molar-refractivity contribution in [3.05, 3.63) is 83.4 Å². The van der Waals surface area contributed by atoms with Gasteiger partial charge in [0.25, 0.3) is 0 Å². The van der Waals surface area contributed by atoms with Crippen LogP contribution in [0.15, 0.2) is 66.7 Å². The van der Waals surface area contributed by atoms with Crippen molar-refractivity contribution in [2.75, 3.05) is 42.7 Å². The van der Waals surface area contributed by atoms with E-state index in [4.69, 9.17) is 10.5 Å². The minimum atomic E-state index is -0.180. The third-order valence-electron chi connectivity index (χ3n) is 7.82. The molecule has 0 unspecified atom stereocenters. The topological polar surface area (TPSA) is 79.6 Å². The largest absolute Gasteiger partial charge is 0.495 e. The molecule has 1 heterocycles. The van der Waals surface area contributed by atoms with Gasteiger partial charge < -0.3 is 26.0 Å². The third kappa shape index (κ3) is 5.90. The molecule has 0 aromatic heterocycles. The van der Waals surface area contributed by atoms with Crippen LogP contribution >= 0.6 is 0 Å². The molecule has 1 fully saturated rings. The highest BCUT2D eigenvalue weighted by Crippen LogP contribution is 2.39. The van der Waals surface area contributed by atoms with Crippen molar-refractivity contribution in [2.45, 2.75) is 57.8 Å². The van der Waals surface area contributed by atoms with E-state index in [-0.39, 0.29) is 23.3 Å². The van der Waals surface area contributed by atoms with E-state index in [1.54, 1.807) is 7.11 Å². The standard InChI is InChI=1S/C32H42N4O2/c1-22(2)26-19-25(33)20-27(23(3)4)30(26)35-31(37)34-21-32(24-11-7-6-8-12-24)15-17-36(18-16-32)28-13-9-10-14-29(28)38-5/h6-14,19-20,22-23H,15-18,21,33H2,1-5H3,(H2,34,35,37). The highest BCUT2D eigenvalue weighted by molar-refractivity contribution is 5.92. The van der Waals surface area contributed by atoms with Crippen molar-refractivity contribution < 1.29 is 9.53 Å². The van der Waals surface area contributed by atoms with Crippen LogP contribution in [0.25, 0.3) is 0 Å². The van der Waals surface area contributed by atoms with Gasteiger partial charge in [-0.05, 0) is 65.6 Å². The summed E-state index contributed by atoms with van der Waals surface area (Å²) in [6, 6.07) is 22.5. The second kappa shape index (κ2) is 11.8. The molecule has 1 aliphatic heterocycles. The number of nitrogens with one attached hydrogen (secondary N) is 2. The Balaban J connectivity index is 1.53. The lowest BCUT2D eigenvalue weighted by Gasteiger charge is -2.43. The van der Waals surface area contributed by atoms with E-state index >= 15 is 0 Å². The van der Waals surface area contributed by atoms with Crippen LogP contribution in [0.4, 0.5) is 21.9 Å². The Morgan fingerprint density at radius 3 is 2.11 bits per heavy atom. The van der Waals surface area contributed by atoms with Gasteiger partial charge >= 0.3 is 6.03 Å². The van der Waals surface area contributed by atoms with Crippen molar-refractivity contribution in [2.24, 2.45) is 0 Å². The van der Waals surface area contributed by atoms with Crippen molar-refractivity contribution in [1.82, 2.24) is 5.32 Å². The van der Waals surface area contributed by atoms with Crippen LogP contribution in [0.3, 0.4) is 0 Å². The molecule has 3 aromatic carbocycles. The zero-order valence-corrected chi connectivity index (χ0v) is 23.4. The Hall–Kier alpha value is -3.67. The molecule has 1 saturated heterocycles. The number of hydrogen-bond acceptors (Lipinski definition) is 4. The van der Waals surface area contributed by atoms with Crippen LogP contribution in [-0.4, -0.2) is 32.8 Å². The summed E-state index contributed by atoms with van der Waals surface area (Å²) in [6.07, 6.45) is 1.84. The summed E-state index contributed by atoms with van der Waals surface area (Å²) < 4.78 is 5.62. The number of urea groups is 1. The Kier molecular flexibility index (Phi) is 8.50. The van der Waals surface area contributed by atoms with E-state index in [1.165, 1.54) is 5.56 Å². The Labute approximate surface area is 227 Å². The molecule has 4 rings (SSSR count). The molecular weight excluding hydrogens is 472 g/mol. The number of nitrogens with two attached hydrogens (primary N) is 1. The molecule has 6 heteroatoms. The van der Waals surface area contributed by atoms with Crippen LogP contribution in [0.1, 0.15) is 69.1 Å². The normalized spacial score (nSPS) is 15.0. The number of carbonyl (C=O) groups excluding carboxylic acids is 1. The van der Waals surface area contributed by atoms with Crippen LogP contribution < -0.4 is 26.0 Å². The van der Waals surface area contributed by atoms with Gasteiger partial charge in [0, 0.05) is 36.4 Å². The molecule has 1 aliphatic rings. The van der Waals surface area contributed by atoms with Crippen molar-refractivity contribution in [1.29, 1.82) is 0 Å². The molecule has 38 heavy (non-hydrogen) atoms. The number of para-hydroxylation sites is 2. The van der Waals surface area contributed by atoms with Gasteiger partial charge in [-0.25, -0.2) is 4.79 Å². The molecule has 2 amide bonds. The lowest BCUT2D eigenvalue weighted by atomic mass is 9.72. The average molecular weight is 515 g/mol. The van der Waals surface area contributed by atoms with Crippen LogP contribution in [-0.2, 0) is 5.41 Å². The molecule has 0 saturated carbocycles. The van der Waals surface area contributed by atoms with E-state index < -0.39 is 0 Å². The number of carbonyl (C=O) groups is 1. The zero-order chi connectivity index (χ0) is 27.3. The van der Waals surface area contributed by atoms with E-state index in [1.807, 2.05) is 30.3 Å². The fourth-order valence-electron chi connectivity index (χ4n) is 5.60. The molecule has 6 nitrogen and oxygen atoms in total. The highest BCUT2D eigenvalue weighted by atomic mass is 16.5. The van der Waals surface area contributed by atoms with Crippen LogP contribution in [0.5, 0.6) is 5.75 Å². The first-order chi connectivity index (χ1) is 18.2. The molecule has 0 radical (unpaired) electrons. The SMILES string of the molecule is COc1ccccc1N1CCC(CNC(=O)Nc2c(C(C)C)cc(N)cc2C(C)C)(c2ccccc2)CC1. The van der Waals surface area contributed by atoms with Gasteiger partial charge in [-0.15, -0.1) is 0 Å². The maximum Gasteiger partial charge on any atom is 0.319 e. The number of nitrogens with zero attached hydrogens (tertiary/aromatic N) is 1. The van der Waals surface area contributed by atoms with Crippen molar-refractivity contribution in [3.63, 3.8) is 0 Å². The molecule has 0 atom stereocenters. The highest BCUT2D eigenvalue weighted by Gasteiger charge is 2.37. The van der Waals surface area contributed by atoms with Crippen molar-refractivity contribution in [3.8, 4) is 5.75 Å². The molecule has 3 aromatic rings. The van der Waals surface area contributed by atoms with Gasteiger partial charge in [-0.3, -0.25) is 0 Å². The maximum absolute atomic E-state index is 13.4. The second-order valence-corrected chi connectivity index (χ2v) is 11.0. The Morgan fingerprint density at radius 2 is 1.53 bits per heavy atom. The zero-order valence-electron chi connectivity index (χ0n) is 23.4. The third-order valence-corrected chi connectivity index (χ3v) is 7.82. The predicted octanol–water partition coefficient (Wildman–Crippen LogP) is 6.88. The number of piperidine rings is 1. The first-order valence-electron chi connectivity index (χ1n) is 13.7. The van der Waals surface area contributed by atoms with E-state index in [2.05, 4.69) is 79.6 Å². The summed E-state index contributed by atoms with van der Waals surface area (Å²) in [6.45, 7) is 10.8. The number of ether oxygens (including phenoxy) is 1. The van der Waals surface area contributed by atoms with E-state index in [0.29, 0.717) is 6.54 Å². The number of amides is 2. The minimum absolute atomic E-state index is 0.153. The van der Waals surface area contributed by atoms with Crippen LogP contribution in [0, 0.1) is 0 Å². The number of anilines is 3. The predicted molar refractivity (Wildman–Crippen MR) is 159 cm³/mol. The summed E-state index contributed by atoms with van der Waals surface area (Å²) in [4.78, 5) is 15.7. The number of nitrogen functional groups attached to an aromatic ring is 1. The lowest BCUT2D eigenvalue weighted by molar-refractivity contribution is 0.244. The Bertz CT molecular complexity index is 1200. The fraction of sp³-hybridized carbons (Fsp3) is 0.406. The first-order valence-corrected chi connectivity index (χ1v) is 13.7. The van der Waals surface area contributed by atoms with Gasteiger partial charge in [-0.1, -0.05) is 70.2 Å². The minimum Gasteiger partial charge on any atom is -0.495 e. The van der Waals surface area contributed by atoms with Crippen molar-refractivity contribution >= 4 is 23.1 Å². The number of benzene rings is 3. The maximum atomic E-state index is 13.4. The first kappa shape index (κ1) is 27.4. The number of rotatable bonds is 8. The lowest BCUT2D eigenvalue weighted by Crippen LogP contribution is -2.49. The monoisotopic (exact) mass is 514 g/mol. The molecule has 4 N–H and O–H groups in total. The average Bonchev–Trinajstić information content (AvgIpc) is 2.93. The summed E-state index contributed by atoms with van der Waals surface area (Å²) in [7, 11) is 1.72. The summed E-state index contributed by atoms with van der Waals surface area (Å²) in [5, 5.41) is 6.43. The van der Waals surface area contributed by atoms with E-state index in [0.717, 1.165) is 59.9 Å². The quantitative estimate of drug-likeness (QED) is 0.286. The molecule has 202 valence electrons. The summed E-state index contributed by atoms with van der Waals surface area (Å²) in [5.41, 5.74) is 12.2. The molecule has 0 spiro atoms. The summed E-state index contributed by atoms with van der Waals surface area (Å²) >= 11 is 0. The van der Waals surface area contributed by atoms with Gasteiger partial charge in [0.1, 0.15) is 5.75 Å². The smallest absolute Gasteiger partial charge is 0.319 e. The van der Waals surface area contributed by atoms with Gasteiger partial charge in [0.15, 0.2) is 0 Å². The molecule has 0 aliphatic carbocycles. The van der Waals surface area contributed by atoms with Gasteiger partial charge in [0.05, 0.1) is 12.8 Å². The fourth-order valence-corrected chi connectivity index (χ4v) is 5.60. The van der Waals surface area contributed by atoms with E-state index in [9.17, 15) is 4.79 Å². The molecular formula is C32H42N4O2.